The highest BCUT2D eigenvalue weighted by Crippen LogP contribution is 2.28. The van der Waals surface area contributed by atoms with E-state index in [2.05, 4.69) is 23.8 Å². The van der Waals surface area contributed by atoms with E-state index in [1.54, 1.807) is 10.6 Å². The van der Waals surface area contributed by atoms with Crippen molar-refractivity contribution in [3.05, 3.63) is 40.2 Å². The van der Waals surface area contributed by atoms with Crippen LogP contribution in [-0.4, -0.2) is 52.6 Å². The molecule has 3 rings (SSSR count). The van der Waals surface area contributed by atoms with E-state index in [-0.39, 0.29) is 17.6 Å². The fraction of sp³-hybridized carbons (Fsp3) is 0.619. The first-order valence-corrected chi connectivity index (χ1v) is 10.1. The van der Waals surface area contributed by atoms with Crippen LogP contribution in [0.2, 0.25) is 0 Å². The maximum absolute atomic E-state index is 13.7. The minimum absolute atomic E-state index is 0.0262. The first-order valence-electron chi connectivity index (χ1n) is 10.1. The summed E-state index contributed by atoms with van der Waals surface area (Å²) in [5.41, 5.74) is 0.443. The first kappa shape index (κ1) is 20.0. The number of benzene rings is 1. The second-order valence-electron chi connectivity index (χ2n) is 7.90. The summed E-state index contributed by atoms with van der Waals surface area (Å²) < 4.78 is 15.5. The second kappa shape index (κ2) is 8.48. The highest BCUT2D eigenvalue weighted by atomic mass is 19.1. The van der Waals surface area contributed by atoms with Crippen molar-refractivity contribution in [3.63, 3.8) is 0 Å². The Bertz CT molecular complexity index is 848. The molecule has 1 aliphatic heterocycles. The molecule has 1 unspecified atom stereocenters. The average Bonchev–Trinajstić information content (AvgIpc) is 2.84. The third-order valence-corrected chi connectivity index (χ3v) is 5.46. The normalized spacial score (nSPS) is 18.1. The first-order chi connectivity index (χ1) is 12.9. The monoisotopic (exact) mass is 374 g/mol. The summed E-state index contributed by atoms with van der Waals surface area (Å²) in [7, 11) is 2.16. The molecule has 0 amide bonds. The van der Waals surface area contributed by atoms with Crippen molar-refractivity contribution in [1.82, 2.24) is 19.4 Å². The van der Waals surface area contributed by atoms with Gasteiger partial charge in [-0.3, -0.25) is 14.3 Å². The third kappa shape index (κ3) is 4.22. The lowest BCUT2D eigenvalue weighted by atomic mass is 10.1. The van der Waals surface area contributed by atoms with Crippen molar-refractivity contribution in [3.8, 4) is 0 Å². The molecule has 6 heteroatoms. The molecule has 1 aromatic carbocycles. The molecule has 1 aromatic heterocycles. The number of likely N-dealkylation sites (N-methyl/N-ethyl adjacent to an activating group) is 1. The van der Waals surface area contributed by atoms with Crippen molar-refractivity contribution in [2.24, 2.45) is 0 Å². The van der Waals surface area contributed by atoms with Gasteiger partial charge in [0, 0.05) is 25.7 Å². The SMILES string of the molecule is CCCC(c1nc2ccc(F)cc2c(=O)n1C(C)C)N1CCCN(C)CC1. The zero-order chi connectivity index (χ0) is 19.6. The molecular formula is C21H31FN4O. The molecule has 27 heavy (non-hydrogen) atoms. The Kier molecular flexibility index (Phi) is 6.27. The van der Waals surface area contributed by atoms with E-state index in [4.69, 9.17) is 4.98 Å². The van der Waals surface area contributed by atoms with Crippen LogP contribution in [0.3, 0.4) is 0 Å². The van der Waals surface area contributed by atoms with Gasteiger partial charge in [-0.25, -0.2) is 9.37 Å². The number of rotatable bonds is 5. The lowest BCUT2D eigenvalue weighted by Crippen LogP contribution is -2.38. The fourth-order valence-electron chi connectivity index (χ4n) is 4.05. The zero-order valence-corrected chi connectivity index (χ0v) is 16.9. The van der Waals surface area contributed by atoms with Crippen molar-refractivity contribution in [2.75, 3.05) is 33.2 Å². The Morgan fingerprint density at radius 1 is 1.19 bits per heavy atom. The van der Waals surface area contributed by atoms with Gasteiger partial charge in [0.25, 0.3) is 5.56 Å². The van der Waals surface area contributed by atoms with E-state index >= 15 is 0 Å². The smallest absolute Gasteiger partial charge is 0.261 e. The van der Waals surface area contributed by atoms with Gasteiger partial charge in [-0.05, 0) is 58.5 Å². The van der Waals surface area contributed by atoms with Crippen LogP contribution in [0.5, 0.6) is 0 Å². The maximum Gasteiger partial charge on any atom is 0.261 e. The molecular weight excluding hydrogens is 343 g/mol. The summed E-state index contributed by atoms with van der Waals surface area (Å²) >= 11 is 0. The molecule has 2 aromatic rings. The second-order valence-corrected chi connectivity index (χ2v) is 7.90. The van der Waals surface area contributed by atoms with E-state index in [1.807, 2.05) is 13.8 Å². The molecule has 5 nitrogen and oxygen atoms in total. The molecule has 0 N–H and O–H groups in total. The van der Waals surface area contributed by atoms with Crippen molar-refractivity contribution >= 4 is 10.9 Å². The van der Waals surface area contributed by atoms with Crippen LogP contribution in [0.25, 0.3) is 10.9 Å². The number of fused-ring (bicyclic) bond motifs is 1. The molecule has 0 aliphatic carbocycles. The number of aromatic nitrogens is 2. The predicted molar refractivity (Wildman–Crippen MR) is 108 cm³/mol. The molecule has 1 atom stereocenters. The molecule has 0 bridgehead atoms. The molecule has 0 saturated carbocycles. The van der Waals surface area contributed by atoms with E-state index in [1.165, 1.54) is 12.1 Å². The van der Waals surface area contributed by atoms with Gasteiger partial charge in [-0.15, -0.1) is 0 Å². The third-order valence-electron chi connectivity index (χ3n) is 5.46. The maximum atomic E-state index is 13.7. The zero-order valence-electron chi connectivity index (χ0n) is 16.9. The van der Waals surface area contributed by atoms with E-state index in [0.29, 0.717) is 10.9 Å². The highest BCUT2D eigenvalue weighted by molar-refractivity contribution is 5.77. The van der Waals surface area contributed by atoms with E-state index < -0.39 is 5.82 Å². The summed E-state index contributed by atoms with van der Waals surface area (Å²) in [6, 6.07) is 4.39. The van der Waals surface area contributed by atoms with Crippen LogP contribution in [0, 0.1) is 5.82 Å². The summed E-state index contributed by atoms with van der Waals surface area (Å²) in [5, 5.41) is 0.360. The number of halogens is 1. The standard InChI is InChI=1S/C21H31FN4O/c1-5-7-19(25-11-6-10-24(4)12-13-25)20-23-18-9-8-16(22)14-17(18)21(27)26(20)15(2)3/h8-9,14-15,19H,5-7,10-13H2,1-4H3. The molecule has 1 aliphatic rings. The largest absolute Gasteiger partial charge is 0.305 e. The topological polar surface area (TPSA) is 41.4 Å². The Morgan fingerprint density at radius 2 is 1.96 bits per heavy atom. The van der Waals surface area contributed by atoms with Gasteiger partial charge in [0.15, 0.2) is 0 Å². The van der Waals surface area contributed by atoms with Crippen LogP contribution >= 0.6 is 0 Å². The van der Waals surface area contributed by atoms with Gasteiger partial charge in [0.2, 0.25) is 0 Å². The van der Waals surface area contributed by atoms with Gasteiger partial charge in [-0.1, -0.05) is 13.3 Å². The molecule has 1 fully saturated rings. The van der Waals surface area contributed by atoms with Crippen LogP contribution in [0.4, 0.5) is 4.39 Å². The Morgan fingerprint density at radius 3 is 2.67 bits per heavy atom. The molecule has 2 heterocycles. The summed E-state index contributed by atoms with van der Waals surface area (Å²) in [6.07, 6.45) is 3.09. The summed E-state index contributed by atoms with van der Waals surface area (Å²) in [4.78, 5) is 22.9. The van der Waals surface area contributed by atoms with Gasteiger partial charge >= 0.3 is 0 Å². The highest BCUT2D eigenvalue weighted by Gasteiger charge is 2.27. The number of hydrogen-bond acceptors (Lipinski definition) is 4. The van der Waals surface area contributed by atoms with E-state index in [0.717, 1.165) is 51.3 Å². The van der Waals surface area contributed by atoms with Crippen LogP contribution < -0.4 is 5.56 Å². The minimum Gasteiger partial charge on any atom is -0.305 e. The van der Waals surface area contributed by atoms with Crippen LogP contribution in [0.1, 0.15) is 57.9 Å². The fourth-order valence-corrected chi connectivity index (χ4v) is 4.05. The summed E-state index contributed by atoms with van der Waals surface area (Å²) in [6.45, 7) is 10.3. The van der Waals surface area contributed by atoms with Crippen LogP contribution in [0.15, 0.2) is 23.0 Å². The Balaban J connectivity index is 2.14. The Hall–Kier alpha value is -1.79. The van der Waals surface area contributed by atoms with Crippen molar-refractivity contribution < 1.29 is 4.39 Å². The van der Waals surface area contributed by atoms with E-state index in [9.17, 15) is 9.18 Å². The minimum atomic E-state index is -0.398. The van der Waals surface area contributed by atoms with Gasteiger partial charge < -0.3 is 4.90 Å². The average molecular weight is 375 g/mol. The van der Waals surface area contributed by atoms with Crippen molar-refractivity contribution in [2.45, 2.75) is 52.1 Å². The molecule has 0 radical (unpaired) electrons. The lowest BCUT2D eigenvalue weighted by molar-refractivity contribution is 0.178. The molecule has 1 saturated heterocycles. The number of hydrogen-bond donors (Lipinski definition) is 0. The van der Waals surface area contributed by atoms with Gasteiger partial charge in [0.1, 0.15) is 11.6 Å². The number of nitrogens with zero attached hydrogens (tertiary/aromatic N) is 4. The van der Waals surface area contributed by atoms with Crippen molar-refractivity contribution in [1.29, 1.82) is 0 Å². The van der Waals surface area contributed by atoms with Crippen LogP contribution in [-0.2, 0) is 0 Å². The quantitative estimate of drug-likeness (QED) is 0.802. The molecule has 148 valence electrons. The van der Waals surface area contributed by atoms with Gasteiger partial charge in [-0.2, -0.15) is 0 Å². The van der Waals surface area contributed by atoms with Gasteiger partial charge in [0.05, 0.1) is 16.9 Å². The predicted octanol–water partition coefficient (Wildman–Crippen LogP) is 3.60. The summed E-state index contributed by atoms with van der Waals surface area (Å²) in [5.74, 6) is 0.422. The molecule has 0 spiro atoms. The Labute approximate surface area is 160 Å². The lowest BCUT2D eigenvalue weighted by Gasteiger charge is -2.32.